The summed E-state index contributed by atoms with van der Waals surface area (Å²) in [4.78, 5) is 18.3. The molecule has 1 amide bonds. The number of guanidine groups is 1. The van der Waals surface area contributed by atoms with Gasteiger partial charge in [-0.2, -0.15) is 0 Å². The van der Waals surface area contributed by atoms with Crippen molar-refractivity contribution in [3.05, 3.63) is 65.2 Å². The average molecular weight is 569 g/mol. The molecule has 33 heavy (non-hydrogen) atoms. The lowest BCUT2D eigenvalue weighted by Crippen LogP contribution is -2.38. The lowest BCUT2D eigenvalue weighted by Gasteiger charge is -2.13. The molecule has 2 rings (SSSR count). The van der Waals surface area contributed by atoms with E-state index in [4.69, 9.17) is 9.47 Å². The van der Waals surface area contributed by atoms with E-state index in [-0.39, 0.29) is 29.9 Å². The highest BCUT2D eigenvalue weighted by Gasteiger charge is 2.08. The van der Waals surface area contributed by atoms with E-state index in [0.29, 0.717) is 25.3 Å². The van der Waals surface area contributed by atoms with Crippen LogP contribution in [0.3, 0.4) is 0 Å². The van der Waals surface area contributed by atoms with Crippen molar-refractivity contribution in [1.29, 1.82) is 0 Å². The highest BCUT2D eigenvalue weighted by atomic mass is 127. The molecule has 0 fully saturated rings. The van der Waals surface area contributed by atoms with Crippen LogP contribution in [0.2, 0.25) is 0 Å². The molecule has 2 aromatic rings. The van der Waals surface area contributed by atoms with E-state index in [0.717, 1.165) is 48.8 Å². The van der Waals surface area contributed by atoms with Crippen molar-refractivity contribution in [2.45, 2.75) is 26.4 Å². The number of rotatable bonds is 12. The molecule has 0 spiro atoms. The van der Waals surface area contributed by atoms with Gasteiger partial charge in [0.25, 0.3) is 5.91 Å². The Labute approximate surface area is 215 Å². The quantitative estimate of drug-likeness (QED) is 0.177. The highest BCUT2D eigenvalue weighted by molar-refractivity contribution is 14.0. The fraction of sp³-hybridized carbons (Fsp3) is 0.440. The number of nitrogens with one attached hydrogen (secondary N) is 2. The standard InChI is InChI=1S/C25H36N4O3.HI/c1-5-26-25(27-15-7-17-32-19-21-10-12-23(31-4)13-11-21)28-16-14-20-8-6-9-22(18-20)24(30)29(2)3;/h6,8-13,18H,5,7,14-17,19H2,1-4H3,(H2,26,27,28);1H. The van der Waals surface area contributed by atoms with Gasteiger partial charge in [0, 0.05) is 45.9 Å². The zero-order chi connectivity index (χ0) is 23.2. The van der Waals surface area contributed by atoms with Gasteiger partial charge in [0.15, 0.2) is 5.96 Å². The van der Waals surface area contributed by atoms with Gasteiger partial charge in [0.1, 0.15) is 5.75 Å². The second-order valence-corrected chi connectivity index (χ2v) is 7.59. The summed E-state index contributed by atoms with van der Waals surface area (Å²) < 4.78 is 10.9. The highest BCUT2D eigenvalue weighted by Crippen LogP contribution is 2.12. The number of ether oxygens (including phenoxy) is 2. The first-order chi connectivity index (χ1) is 15.5. The van der Waals surface area contributed by atoms with Crippen molar-refractivity contribution >= 4 is 35.8 Å². The molecule has 0 saturated heterocycles. The number of carbonyl (C=O) groups is 1. The van der Waals surface area contributed by atoms with E-state index in [1.54, 1.807) is 26.1 Å². The average Bonchev–Trinajstić information content (AvgIpc) is 2.81. The molecule has 182 valence electrons. The Bertz CT molecular complexity index is 857. The first kappa shape index (κ1) is 28.7. The minimum atomic E-state index is 0. The van der Waals surface area contributed by atoms with Crippen molar-refractivity contribution in [3.63, 3.8) is 0 Å². The fourth-order valence-electron chi connectivity index (χ4n) is 3.05. The van der Waals surface area contributed by atoms with Crippen molar-refractivity contribution in [3.8, 4) is 5.75 Å². The minimum Gasteiger partial charge on any atom is -0.497 e. The smallest absolute Gasteiger partial charge is 0.253 e. The Morgan fingerprint density at radius 2 is 1.82 bits per heavy atom. The first-order valence-electron chi connectivity index (χ1n) is 11.1. The lowest BCUT2D eigenvalue weighted by atomic mass is 10.1. The summed E-state index contributed by atoms with van der Waals surface area (Å²) in [6.07, 6.45) is 1.66. The summed E-state index contributed by atoms with van der Waals surface area (Å²) in [5, 5.41) is 6.63. The van der Waals surface area contributed by atoms with E-state index < -0.39 is 0 Å². The zero-order valence-electron chi connectivity index (χ0n) is 20.1. The number of halogens is 1. The van der Waals surface area contributed by atoms with Crippen LogP contribution in [-0.2, 0) is 17.8 Å². The van der Waals surface area contributed by atoms with E-state index in [9.17, 15) is 4.79 Å². The summed E-state index contributed by atoms with van der Waals surface area (Å²) in [7, 11) is 5.19. The third-order valence-electron chi connectivity index (χ3n) is 4.77. The van der Waals surface area contributed by atoms with Gasteiger partial charge in [-0.1, -0.05) is 24.3 Å². The maximum atomic E-state index is 12.1. The molecular weight excluding hydrogens is 531 g/mol. The topological polar surface area (TPSA) is 75.2 Å². The molecule has 0 unspecified atom stereocenters. The van der Waals surface area contributed by atoms with Crippen LogP contribution in [-0.4, -0.2) is 64.2 Å². The van der Waals surface area contributed by atoms with Crippen molar-refractivity contribution < 1.29 is 14.3 Å². The number of methoxy groups -OCH3 is 1. The van der Waals surface area contributed by atoms with Gasteiger partial charge in [-0.3, -0.25) is 9.79 Å². The van der Waals surface area contributed by atoms with E-state index in [1.165, 1.54) is 0 Å². The van der Waals surface area contributed by atoms with Gasteiger partial charge in [0.05, 0.1) is 13.7 Å². The summed E-state index contributed by atoms with van der Waals surface area (Å²) in [5.41, 5.74) is 2.95. The van der Waals surface area contributed by atoms with E-state index in [2.05, 4.69) is 15.6 Å². The predicted molar refractivity (Wildman–Crippen MR) is 145 cm³/mol. The molecule has 0 atom stereocenters. The van der Waals surface area contributed by atoms with Gasteiger partial charge in [-0.25, -0.2) is 0 Å². The molecule has 0 bridgehead atoms. The van der Waals surface area contributed by atoms with Crippen LogP contribution in [0.1, 0.15) is 34.8 Å². The number of amides is 1. The van der Waals surface area contributed by atoms with Crippen LogP contribution < -0.4 is 15.4 Å². The molecule has 0 aliphatic rings. The van der Waals surface area contributed by atoms with Crippen molar-refractivity contribution in [2.75, 3.05) is 47.4 Å². The number of carbonyl (C=O) groups excluding carboxylic acids is 1. The summed E-state index contributed by atoms with van der Waals surface area (Å²) in [6, 6.07) is 15.7. The SMILES string of the molecule is CCNC(=NCCCOCc1ccc(OC)cc1)NCCc1cccc(C(=O)N(C)C)c1.I. The summed E-state index contributed by atoms with van der Waals surface area (Å²) in [6.45, 7) is 5.51. The monoisotopic (exact) mass is 568 g/mol. The molecule has 0 radical (unpaired) electrons. The largest absolute Gasteiger partial charge is 0.497 e. The van der Waals surface area contributed by atoms with Crippen LogP contribution >= 0.6 is 24.0 Å². The molecule has 0 aliphatic heterocycles. The van der Waals surface area contributed by atoms with E-state index >= 15 is 0 Å². The van der Waals surface area contributed by atoms with Crippen molar-refractivity contribution in [2.24, 2.45) is 4.99 Å². The van der Waals surface area contributed by atoms with Gasteiger partial charge < -0.3 is 25.0 Å². The maximum absolute atomic E-state index is 12.1. The van der Waals surface area contributed by atoms with Crippen LogP contribution in [0.15, 0.2) is 53.5 Å². The Morgan fingerprint density at radius 3 is 2.48 bits per heavy atom. The third kappa shape index (κ3) is 10.9. The molecule has 0 aromatic heterocycles. The second-order valence-electron chi connectivity index (χ2n) is 7.59. The minimum absolute atomic E-state index is 0. The maximum Gasteiger partial charge on any atom is 0.253 e. The summed E-state index contributed by atoms with van der Waals surface area (Å²) >= 11 is 0. The molecule has 2 aromatic carbocycles. The third-order valence-corrected chi connectivity index (χ3v) is 4.77. The van der Waals surface area contributed by atoms with Crippen LogP contribution in [0, 0.1) is 0 Å². The Balaban J connectivity index is 0.00000544. The number of hydrogen-bond donors (Lipinski definition) is 2. The summed E-state index contributed by atoms with van der Waals surface area (Å²) in [5.74, 6) is 1.66. The second kappa shape index (κ2) is 16.3. The van der Waals surface area contributed by atoms with Gasteiger partial charge >= 0.3 is 0 Å². The van der Waals surface area contributed by atoms with Crippen LogP contribution in [0.4, 0.5) is 0 Å². The molecule has 7 nitrogen and oxygen atoms in total. The van der Waals surface area contributed by atoms with Crippen molar-refractivity contribution in [1.82, 2.24) is 15.5 Å². The van der Waals surface area contributed by atoms with Gasteiger partial charge in [0.2, 0.25) is 0 Å². The molecule has 0 heterocycles. The Kier molecular flexibility index (Phi) is 14.2. The molecule has 0 saturated carbocycles. The Hall–Kier alpha value is -2.33. The van der Waals surface area contributed by atoms with Crippen LogP contribution in [0.25, 0.3) is 0 Å². The normalized spacial score (nSPS) is 10.8. The number of benzene rings is 2. The predicted octanol–water partition coefficient (Wildman–Crippen LogP) is 3.72. The van der Waals surface area contributed by atoms with E-state index in [1.807, 2.05) is 55.5 Å². The number of nitrogens with zero attached hydrogens (tertiary/aromatic N) is 2. The molecule has 2 N–H and O–H groups in total. The van der Waals surface area contributed by atoms with Crippen LogP contribution in [0.5, 0.6) is 5.75 Å². The number of hydrogen-bond acceptors (Lipinski definition) is 4. The lowest BCUT2D eigenvalue weighted by molar-refractivity contribution is 0.0827. The fourth-order valence-corrected chi connectivity index (χ4v) is 3.05. The zero-order valence-corrected chi connectivity index (χ0v) is 22.4. The first-order valence-corrected chi connectivity index (χ1v) is 11.1. The molecule has 0 aliphatic carbocycles. The molecule has 8 heteroatoms. The Morgan fingerprint density at radius 1 is 1.06 bits per heavy atom. The molecular formula is C25H37IN4O3. The number of aliphatic imine (C=N–C) groups is 1. The van der Waals surface area contributed by atoms with Gasteiger partial charge in [-0.05, 0) is 55.2 Å². The van der Waals surface area contributed by atoms with Gasteiger partial charge in [-0.15, -0.1) is 24.0 Å².